The number of nitrogens with zero attached hydrogens (tertiary/aromatic N) is 2. The first-order valence-electron chi connectivity index (χ1n) is 7.27. The van der Waals surface area contributed by atoms with Crippen LogP contribution in [0.3, 0.4) is 0 Å². The van der Waals surface area contributed by atoms with Crippen LogP contribution in [0.25, 0.3) is 27.4 Å². The molecule has 0 saturated carbocycles. The van der Waals surface area contributed by atoms with E-state index in [1.165, 1.54) is 0 Å². The van der Waals surface area contributed by atoms with Gasteiger partial charge in [-0.05, 0) is 36.4 Å². The Bertz CT molecular complexity index is 1040. The van der Waals surface area contributed by atoms with Crippen molar-refractivity contribution in [1.29, 1.82) is 0 Å². The molecule has 0 unspecified atom stereocenters. The lowest BCUT2D eigenvalue weighted by Crippen LogP contribution is -1.92. The fourth-order valence-electron chi connectivity index (χ4n) is 2.97. The second kappa shape index (κ2) is 4.91. The minimum atomic E-state index is 0.157. The number of fused-ring (bicyclic) bond motifs is 2. The number of hydrogen-bond acceptors (Lipinski definition) is 2. The van der Waals surface area contributed by atoms with Gasteiger partial charge in [0.25, 0.3) is 0 Å². The number of anilines is 1. The Kier molecular flexibility index (Phi) is 2.87. The number of benzene rings is 2. The van der Waals surface area contributed by atoms with Gasteiger partial charge in [0.1, 0.15) is 0 Å². The summed E-state index contributed by atoms with van der Waals surface area (Å²) in [5, 5.41) is 15.9. The molecule has 4 aromatic rings. The lowest BCUT2D eigenvalue weighted by Gasteiger charge is -2.06. The molecule has 0 atom stereocenters. The highest BCUT2D eigenvalue weighted by Crippen LogP contribution is 2.33. The summed E-state index contributed by atoms with van der Waals surface area (Å²) in [5.41, 5.74) is 2.68. The van der Waals surface area contributed by atoms with Gasteiger partial charge in [-0.3, -0.25) is 9.36 Å². The zero-order valence-corrected chi connectivity index (χ0v) is 12.5. The van der Waals surface area contributed by atoms with Crippen molar-refractivity contribution in [1.82, 2.24) is 9.13 Å². The van der Waals surface area contributed by atoms with Gasteiger partial charge in [-0.15, -0.1) is 0 Å². The molecule has 1 amide bonds. The molecule has 0 spiro atoms. The van der Waals surface area contributed by atoms with Crippen LogP contribution in [-0.2, 0) is 11.8 Å². The Labute approximate surface area is 132 Å². The van der Waals surface area contributed by atoms with E-state index in [0.29, 0.717) is 17.5 Å². The van der Waals surface area contributed by atoms with Crippen LogP contribution >= 0.6 is 0 Å². The van der Waals surface area contributed by atoms with Crippen LogP contribution in [0.4, 0.5) is 5.69 Å². The summed E-state index contributed by atoms with van der Waals surface area (Å²) in [6.45, 7) is 0. The van der Waals surface area contributed by atoms with Gasteiger partial charge in [0.05, 0.1) is 0 Å². The van der Waals surface area contributed by atoms with Crippen LogP contribution in [-0.4, -0.2) is 20.7 Å². The molecule has 2 aromatic heterocycles. The van der Waals surface area contributed by atoms with Crippen molar-refractivity contribution in [3.05, 3.63) is 54.9 Å². The van der Waals surface area contributed by atoms with Gasteiger partial charge in [-0.1, -0.05) is 6.07 Å². The maximum atomic E-state index is 10.6. The number of rotatable bonds is 3. The maximum absolute atomic E-state index is 10.6. The fraction of sp³-hybridized carbons (Fsp3) is 0.0556. The molecule has 0 saturated heterocycles. The molecule has 114 valence electrons. The largest absolute Gasteiger partial charge is 0.494 e. The van der Waals surface area contributed by atoms with Crippen molar-refractivity contribution in [2.24, 2.45) is 7.05 Å². The van der Waals surface area contributed by atoms with Crippen molar-refractivity contribution in [3.63, 3.8) is 0 Å². The lowest BCUT2D eigenvalue weighted by molar-refractivity contribution is -0.105. The molecule has 0 radical (unpaired) electrons. The summed E-state index contributed by atoms with van der Waals surface area (Å²) >= 11 is 0. The molecule has 2 aromatic carbocycles. The summed E-state index contributed by atoms with van der Waals surface area (Å²) in [5.74, 6) is 0.157. The summed E-state index contributed by atoms with van der Waals surface area (Å²) in [6, 6.07) is 13.5. The smallest absolute Gasteiger partial charge is 0.211 e. The molecular formula is C18H15N3O2. The zero-order valence-electron chi connectivity index (χ0n) is 12.5. The van der Waals surface area contributed by atoms with Gasteiger partial charge in [0.15, 0.2) is 0 Å². The van der Waals surface area contributed by atoms with E-state index in [2.05, 4.69) is 9.88 Å². The van der Waals surface area contributed by atoms with E-state index in [1.54, 1.807) is 16.7 Å². The van der Waals surface area contributed by atoms with Gasteiger partial charge in [-0.25, -0.2) is 0 Å². The van der Waals surface area contributed by atoms with Crippen LogP contribution in [0.2, 0.25) is 0 Å². The second-order valence-corrected chi connectivity index (χ2v) is 5.56. The van der Waals surface area contributed by atoms with E-state index in [4.69, 9.17) is 0 Å². The number of aromatic hydroxyl groups is 1. The summed E-state index contributed by atoms with van der Waals surface area (Å²) in [4.78, 5) is 10.6. The molecule has 5 heteroatoms. The van der Waals surface area contributed by atoms with Gasteiger partial charge in [-0.2, -0.15) is 0 Å². The summed E-state index contributed by atoms with van der Waals surface area (Å²) < 4.78 is 3.81. The normalized spacial score (nSPS) is 11.2. The number of aromatic nitrogens is 2. The van der Waals surface area contributed by atoms with Crippen LogP contribution in [0.15, 0.2) is 54.9 Å². The molecule has 4 rings (SSSR count). The quantitative estimate of drug-likeness (QED) is 0.570. The van der Waals surface area contributed by atoms with Crippen LogP contribution in [0.1, 0.15) is 0 Å². The third-order valence-electron chi connectivity index (χ3n) is 4.16. The Hall–Kier alpha value is -3.21. The standard InChI is InChI=1S/C18H15N3O2/c1-20-7-6-12-8-15(4-5-17(12)20)21-10-13-2-3-14(19-11-22)9-16(13)18(21)23/h2-11,23H,1H3,(H,19,22). The monoisotopic (exact) mass is 305 g/mol. The third-order valence-corrected chi connectivity index (χ3v) is 4.16. The second-order valence-electron chi connectivity index (χ2n) is 5.56. The third kappa shape index (κ3) is 2.05. The van der Waals surface area contributed by atoms with E-state index in [-0.39, 0.29) is 5.88 Å². The molecule has 23 heavy (non-hydrogen) atoms. The van der Waals surface area contributed by atoms with Crippen molar-refractivity contribution in [2.45, 2.75) is 0 Å². The van der Waals surface area contributed by atoms with Crippen molar-refractivity contribution >= 4 is 33.8 Å². The van der Waals surface area contributed by atoms with Crippen LogP contribution in [0, 0.1) is 0 Å². The zero-order chi connectivity index (χ0) is 16.0. The van der Waals surface area contributed by atoms with E-state index >= 15 is 0 Å². The first-order valence-corrected chi connectivity index (χ1v) is 7.27. The molecule has 2 N–H and O–H groups in total. The molecular weight excluding hydrogens is 290 g/mol. The lowest BCUT2D eigenvalue weighted by atomic mass is 10.2. The number of nitrogens with one attached hydrogen (secondary N) is 1. The topological polar surface area (TPSA) is 59.2 Å². The predicted molar refractivity (Wildman–Crippen MR) is 91.1 cm³/mol. The summed E-state index contributed by atoms with van der Waals surface area (Å²) in [6.07, 6.45) is 4.52. The Morgan fingerprint density at radius 2 is 1.96 bits per heavy atom. The molecule has 0 bridgehead atoms. The van der Waals surface area contributed by atoms with Crippen molar-refractivity contribution < 1.29 is 9.90 Å². The highest BCUT2D eigenvalue weighted by atomic mass is 16.3. The highest BCUT2D eigenvalue weighted by molar-refractivity contribution is 5.93. The average Bonchev–Trinajstić information content (AvgIpc) is 3.09. The van der Waals surface area contributed by atoms with Gasteiger partial charge >= 0.3 is 0 Å². The Balaban J connectivity index is 1.89. The van der Waals surface area contributed by atoms with E-state index in [0.717, 1.165) is 22.0 Å². The number of hydrogen-bond donors (Lipinski definition) is 2. The number of carbonyl (C=O) groups excluding carboxylic acids is 1. The SMILES string of the molecule is Cn1ccc2cc(-n3cc4ccc(NC=O)cc4c3O)ccc21. The number of carbonyl (C=O) groups is 1. The Morgan fingerprint density at radius 1 is 1.09 bits per heavy atom. The first-order chi connectivity index (χ1) is 11.2. The van der Waals surface area contributed by atoms with Gasteiger partial charge < -0.3 is 15.0 Å². The van der Waals surface area contributed by atoms with Gasteiger partial charge in [0.2, 0.25) is 12.3 Å². The van der Waals surface area contributed by atoms with Crippen LogP contribution in [0.5, 0.6) is 5.88 Å². The summed E-state index contributed by atoms with van der Waals surface area (Å²) in [7, 11) is 2.00. The van der Waals surface area contributed by atoms with E-state index < -0.39 is 0 Å². The van der Waals surface area contributed by atoms with Crippen molar-refractivity contribution in [3.8, 4) is 11.6 Å². The van der Waals surface area contributed by atoms with Gasteiger partial charge in [0, 0.05) is 52.5 Å². The molecule has 0 aliphatic carbocycles. The highest BCUT2D eigenvalue weighted by Gasteiger charge is 2.11. The molecule has 0 fully saturated rings. The van der Waals surface area contributed by atoms with E-state index in [1.807, 2.05) is 49.8 Å². The molecule has 0 aliphatic heterocycles. The predicted octanol–water partition coefficient (Wildman–Crippen LogP) is 3.40. The number of amides is 1. The average molecular weight is 305 g/mol. The molecule has 2 heterocycles. The van der Waals surface area contributed by atoms with E-state index in [9.17, 15) is 9.90 Å². The van der Waals surface area contributed by atoms with Crippen molar-refractivity contribution in [2.75, 3.05) is 5.32 Å². The minimum absolute atomic E-state index is 0.157. The minimum Gasteiger partial charge on any atom is -0.494 e. The first kappa shape index (κ1) is 13.5. The Morgan fingerprint density at radius 3 is 2.78 bits per heavy atom. The van der Waals surface area contributed by atoms with Crippen LogP contribution < -0.4 is 5.32 Å². The maximum Gasteiger partial charge on any atom is 0.211 e. The molecule has 5 nitrogen and oxygen atoms in total. The fourth-order valence-corrected chi connectivity index (χ4v) is 2.97. The number of aryl methyl sites for hydroxylation is 1. The molecule has 0 aliphatic rings.